The van der Waals surface area contributed by atoms with E-state index in [1.807, 2.05) is 16.9 Å². The molecule has 28 heavy (non-hydrogen) atoms. The zero-order valence-corrected chi connectivity index (χ0v) is 17.8. The van der Waals surface area contributed by atoms with Gasteiger partial charge in [-0.3, -0.25) is 9.48 Å². The number of nitrogens with zero attached hydrogens (tertiary/aromatic N) is 3. The highest BCUT2D eigenvalue weighted by Crippen LogP contribution is 2.32. The zero-order chi connectivity index (χ0) is 18.7. The van der Waals surface area contributed by atoms with Gasteiger partial charge in [0.1, 0.15) is 5.54 Å². The fraction of sp³-hybridized carbons (Fsp3) is 0.810. The number of amides is 1. The summed E-state index contributed by atoms with van der Waals surface area (Å²) in [5.41, 5.74) is -0.512. The Kier molecular flexibility index (Phi) is 7.40. The topological polar surface area (TPSA) is 59.4 Å². The number of hydrogen-bond donors (Lipinski definition) is 1. The van der Waals surface area contributed by atoms with Gasteiger partial charge in [-0.2, -0.15) is 5.10 Å². The van der Waals surface area contributed by atoms with Crippen molar-refractivity contribution in [2.24, 2.45) is 5.92 Å². The third-order valence-electron chi connectivity index (χ3n) is 6.85. The number of aromatic nitrogens is 2. The Morgan fingerprint density at radius 1 is 1.07 bits per heavy atom. The van der Waals surface area contributed by atoms with Crippen molar-refractivity contribution in [3.05, 3.63) is 18.5 Å². The molecule has 4 rings (SSSR count). The summed E-state index contributed by atoms with van der Waals surface area (Å²) in [4.78, 5) is 15.6. The molecule has 0 aromatic carbocycles. The molecule has 6 nitrogen and oxygen atoms in total. The highest BCUT2D eigenvalue weighted by molar-refractivity contribution is 5.85. The lowest BCUT2D eigenvalue weighted by Crippen LogP contribution is -2.57. The lowest BCUT2D eigenvalue weighted by Gasteiger charge is -2.42. The van der Waals surface area contributed by atoms with Gasteiger partial charge in [0.25, 0.3) is 5.91 Å². The van der Waals surface area contributed by atoms with Crippen LogP contribution in [0.15, 0.2) is 18.5 Å². The van der Waals surface area contributed by atoms with Gasteiger partial charge in [0.15, 0.2) is 0 Å². The van der Waals surface area contributed by atoms with Gasteiger partial charge < -0.3 is 15.0 Å². The average Bonchev–Trinajstić information content (AvgIpc) is 3.26. The Morgan fingerprint density at radius 2 is 1.71 bits per heavy atom. The number of carbonyl (C=O) groups is 1. The number of likely N-dealkylation sites (tertiary alicyclic amines) is 1. The predicted molar refractivity (Wildman–Crippen MR) is 112 cm³/mol. The second-order valence-corrected chi connectivity index (χ2v) is 8.74. The van der Waals surface area contributed by atoms with E-state index < -0.39 is 5.54 Å². The highest BCUT2D eigenvalue weighted by atomic mass is 35.5. The van der Waals surface area contributed by atoms with Gasteiger partial charge in [-0.15, -0.1) is 12.4 Å². The smallest absolute Gasteiger partial charge is 0.250 e. The van der Waals surface area contributed by atoms with Crippen LogP contribution in [0.25, 0.3) is 0 Å². The van der Waals surface area contributed by atoms with Crippen molar-refractivity contribution in [2.75, 3.05) is 26.2 Å². The molecule has 1 saturated carbocycles. The van der Waals surface area contributed by atoms with Gasteiger partial charge in [-0.1, -0.05) is 6.92 Å². The van der Waals surface area contributed by atoms with E-state index in [4.69, 9.17) is 4.74 Å². The van der Waals surface area contributed by atoms with Crippen molar-refractivity contribution in [3.63, 3.8) is 0 Å². The molecule has 1 aromatic heterocycles. The minimum absolute atomic E-state index is 0. The van der Waals surface area contributed by atoms with Crippen LogP contribution >= 0.6 is 12.4 Å². The van der Waals surface area contributed by atoms with Gasteiger partial charge in [0, 0.05) is 25.5 Å². The van der Waals surface area contributed by atoms with Gasteiger partial charge >= 0.3 is 0 Å². The molecule has 1 amide bonds. The summed E-state index contributed by atoms with van der Waals surface area (Å²) in [7, 11) is 0. The molecule has 2 saturated heterocycles. The van der Waals surface area contributed by atoms with Crippen LogP contribution in [0.4, 0.5) is 0 Å². The van der Waals surface area contributed by atoms with E-state index in [0.717, 1.165) is 57.8 Å². The normalized spacial score (nSPS) is 28.5. The molecule has 0 atom stereocenters. The first-order chi connectivity index (χ1) is 13.2. The van der Waals surface area contributed by atoms with Gasteiger partial charge in [-0.05, 0) is 76.4 Å². The summed E-state index contributed by atoms with van der Waals surface area (Å²) in [5, 5.41) is 7.83. The monoisotopic (exact) mass is 410 g/mol. The largest absolute Gasteiger partial charge is 0.375 e. The number of halogens is 1. The van der Waals surface area contributed by atoms with E-state index in [-0.39, 0.29) is 18.3 Å². The number of ether oxygens (including phenoxy) is 1. The number of hydrogen-bond acceptors (Lipinski definition) is 4. The summed E-state index contributed by atoms with van der Waals surface area (Å²) >= 11 is 0. The van der Waals surface area contributed by atoms with Gasteiger partial charge in [0.2, 0.25) is 0 Å². The van der Waals surface area contributed by atoms with Crippen molar-refractivity contribution in [3.8, 4) is 0 Å². The predicted octanol–water partition coefficient (Wildman–Crippen LogP) is 2.97. The Hall–Kier alpha value is -1.11. The van der Waals surface area contributed by atoms with Crippen LogP contribution in [0.2, 0.25) is 0 Å². The van der Waals surface area contributed by atoms with Crippen LogP contribution in [0.1, 0.15) is 58.3 Å². The molecule has 0 spiro atoms. The first-order valence-electron chi connectivity index (χ1n) is 10.8. The second-order valence-electron chi connectivity index (χ2n) is 8.74. The van der Waals surface area contributed by atoms with E-state index in [0.29, 0.717) is 12.2 Å². The number of piperidine rings is 2. The molecule has 1 aliphatic carbocycles. The van der Waals surface area contributed by atoms with Crippen LogP contribution in [-0.2, 0) is 15.1 Å². The number of nitrogens with one attached hydrogen (secondary N) is 1. The molecule has 2 aliphatic heterocycles. The summed E-state index contributed by atoms with van der Waals surface area (Å²) < 4.78 is 8.29. The zero-order valence-electron chi connectivity index (χ0n) is 17.0. The third-order valence-corrected chi connectivity index (χ3v) is 6.85. The maximum absolute atomic E-state index is 13.5. The summed E-state index contributed by atoms with van der Waals surface area (Å²) in [6.45, 7) is 5.69. The lowest BCUT2D eigenvalue weighted by atomic mass is 9.86. The lowest BCUT2D eigenvalue weighted by molar-refractivity contribution is -0.147. The summed E-state index contributed by atoms with van der Waals surface area (Å²) in [6, 6.07) is 1.92. The first kappa shape index (κ1) is 21.6. The standard InChI is InChI=1S/C21H34N4O2.ClH/c1-17-3-5-18(6-4-17)27-19-7-15-24(16-8-19)20(26)21(9-12-22-13-10-21)25-14-2-11-23-25;/h2,11,14,17-19,22H,3-10,12-13,15-16H2,1H3;1H. The van der Waals surface area contributed by atoms with Crippen molar-refractivity contribution in [2.45, 2.75) is 76.0 Å². The molecule has 7 heteroatoms. The molecular formula is C21H35ClN4O2. The molecule has 3 aliphatic rings. The summed E-state index contributed by atoms with van der Waals surface area (Å²) in [5.74, 6) is 1.10. The SMILES string of the molecule is CC1CCC(OC2CCN(C(=O)C3(n4cccn4)CCNCC3)CC2)CC1.Cl. The number of rotatable bonds is 4. The Balaban J connectivity index is 0.00000225. The second kappa shape index (κ2) is 9.59. The molecule has 1 aromatic rings. The minimum Gasteiger partial charge on any atom is -0.375 e. The van der Waals surface area contributed by atoms with Gasteiger partial charge in [0.05, 0.1) is 12.2 Å². The van der Waals surface area contributed by atoms with Gasteiger partial charge in [-0.25, -0.2) is 0 Å². The van der Waals surface area contributed by atoms with Crippen LogP contribution in [0, 0.1) is 5.92 Å². The maximum atomic E-state index is 13.5. The summed E-state index contributed by atoms with van der Waals surface area (Å²) in [6.07, 6.45) is 13.0. The van der Waals surface area contributed by atoms with Crippen molar-refractivity contribution in [1.29, 1.82) is 0 Å². The van der Waals surface area contributed by atoms with E-state index in [2.05, 4.69) is 22.2 Å². The molecular weight excluding hydrogens is 376 g/mol. The van der Waals surface area contributed by atoms with E-state index in [1.54, 1.807) is 6.20 Å². The molecule has 158 valence electrons. The molecule has 1 N–H and O–H groups in total. The third kappa shape index (κ3) is 4.55. The first-order valence-corrected chi connectivity index (χ1v) is 10.8. The van der Waals surface area contributed by atoms with E-state index in [1.165, 1.54) is 25.7 Å². The van der Waals surface area contributed by atoms with Crippen LogP contribution < -0.4 is 5.32 Å². The quantitative estimate of drug-likeness (QED) is 0.828. The Labute approximate surface area is 174 Å². The molecule has 3 fully saturated rings. The van der Waals surface area contributed by atoms with Crippen molar-refractivity contribution in [1.82, 2.24) is 20.0 Å². The van der Waals surface area contributed by atoms with Crippen LogP contribution in [-0.4, -0.2) is 59.0 Å². The van der Waals surface area contributed by atoms with Crippen LogP contribution in [0.3, 0.4) is 0 Å². The maximum Gasteiger partial charge on any atom is 0.250 e. The fourth-order valence-corrected chi connectivity index (χ4v) is 5.03. The van der Waals surface area contributed by atoms with E-state index >= 15 is 0 Å². The highest BCUT2D eigenvalue weighted by Gasteiger charge is 2.45. The van der Waals surface area contributed by atoms with E-state index in [9.17, 15) is 4.79 Å². The Morgan fingerprint density at radius 3 is 2.32 bits per heavy atom. The van der Waals surface area contributed by atoms with Crippen molar-refractivity contribution >= 4 is 18.3 Å². The molecule has 3 heterocycles. The molecule has 0 radical (unpaired) electrons. The number of carbonyl (C=O) groups excluding carboxylic acids is 1. The van der Waals surface area contributed by atoms with Crippen molar-refractivity contribution < 1.29 is 9.53 Å². The Bertz CT molecular complexity index is 602. The minimum atomic E-state index is -0.512. The molecule has 0 bridgehead atoms. The fourth-order valence-electron chi connectivity index (χ4n) is 5.03. The molecule has 0 unspecified atom stereocenters. The average molecular weight is 411 g/mol. The van der Waals surface area contributed by atoms with Crippen LogP contribution in [0.5, 0.6) is 0 Å².